The van der Waals surface area contributed by atoms with E-state index in [2.05, 4.69) is 5.32 Å². The number of amides is 2. The Hall–Kier alpha value is -2.55. The second-order valence-electron chi connectivity index (χ2n) is 6.60. The van der Waals surface area contributed by atoms with Crippen LogP contribution in [0.15, 0.2) is 29.2 Å². The Bertz CT molecular complexity index is 737. The van der Waals surface area contributed by atoms with Crippen molar-refractivity contribution < 1.29 is 28.7 Å². The molecule has 2 amide bonds. The molecule has 0 heterocycles. The van der Waals surface area contributed by atoms with Gasteiger partial charge in [0.15, 0.2) is 6.61 Å². The Morgan fingerprint density at radius 1 is 1.17 bits per heavy atom. The summed E-state index contributed by atoms with van der Waals surface area (Å²) in [5, 5.41) is 2.55. The molecule has 1 aromatic rings. The fourth-order valence-electron chi connectivity index (χ4n) is 2.25. The maximum Gasteiger partial charge on any atom is 0.339 e. The largest absolute Gasteiger partial charge is 0.467 e. The molecule has 0 unspecified atom stereocenters. The summed E-state index contributed by atoms with van der Waals surface area (Å²) in [6.07, 6.45) is 0.663. The highest BCUT2D eigenvalue weighted by Gasteiger charge is 2.27. The van der Waals surface area contributed by atoms with Crippen LogP contribution in [0.1, 0.15) is 30.6 Å². The molecular formula is C20H28N2O6S. The first-order valence-electron chi connectivity index (χ1n) is 9.17. The molecule has 1 N–H and O–H groups in total. The number of nitrogens with one attached hydrogen (secondary N) is 1. The summed E-state index contributed by atoms with van der Waals surface area (Å²) < 4.78 is 9.82. The highest BCUT2D eigenvalue weighted by molar-refractivity contribution is 8.00. The van der Waals surface area contributed by atoms with Gasteiger partial charge in [0.05, 0.1) is 18.4 Å². The van der Waals surface area contributed by atoms with E-state index in [4.69, 9.17) is 9.47 Å². The molecule has 29 heavy (non-hydrogen) atoms. The Labute approximate surface area is 175 Å². The summed E-state index contributed by atoms with van der Waals surface area (Å²) in [6.45, 7) is 3.18. The average molecular weight is 425 g/mol. The molecule has 160 valence electrons. The number of ether oxygens (including phenoxy) is 2. The van der Waals surface area contributed by atoms with Crippen molar-refractivity contribution >= 4 is 35.5 Å². The van der Waals surface area contributed by atoms with E-state index in [0.717, 1.165) is 0 Å². The van der Waals surface area contributed by atoms with Gasteiger partial charge in [0.25, 0.3) is 5.91 Å². The number of carbonyl (C=O) groups excluding carboxylic acids is 4. The molecule has 0 bridgehead atoms. The van der Waals surface area contributed by atoms with Crippen LogP contribution in [-0.4, -0.2) is 68.3 Å². The third-order valence-electron chi connectivity index (χ3n) is 4.28. The zero-order valence-corrected chi connectivity index (χ0v) is 18.2. The molecule has 0 saturated carbocycles. The molecule has 0 aromatic heterocycles. The van der Waals surface area contributed by atoms with E-state index in [1.165, 1.54) is 23.8 Å². The normalized spacial score (nSPS) is 12.4. The van der Waals surface area contributed by atoms with E-state index >= 15 is 0 Å². The van der Waals surface area contributed by atoms with Crippen molar-refractivity contribution in [3.8, 4) is 0 Å². The van der Waals surface area contributed by atoms with E-state index in [-0.39, 0.29) is 23.1 Å². The molecular weight excluding hydrogens is 396 g/mol. The third kappa shape index (κ3) is 7.77. The van der Waals surface area contributed by atoms with Crippen LogP contribution in [0.2, 0.25) is 0 Å². The first-order chi connectivity index (χ1) is 13.7. The smallest absolute Gasteiger partial charge is 0.339 e. The molecule has 0 spiro atoms. The molecule has 1 rings (SSSR count). The Balaban J connectivity index is 2.71. The van der Waals surface area contributed by atoms with Gasteiger partial charge in [-0.2, -0.15) is 0 Å². The van der Waals surface area contributed by atoms with Crippen molar-refractivity contribution in [3.63, 3.8) is 0 Å². The van der Waals surface area contributed by atoms with Gasteiger partial charge in [-0.05, 0) is 18.1 Å². The predicted molar refractivity (Wildman–Crippen MR) is 110 cm³/mol. The summed E-state index contributed by atoms with van der Waals surface area (Å²) in [6, 6.07) is 5.89. The highest BCUT2D eigenvalue weighted by atomic mass is 32.2. The lowest BCUT2D eigenvalue weighted by Crippen LogP contribution is -2.47. The predicted octanol–water partition coefficient (Wildman–Crippen LogP) is 1.73. The van der Waals surface area contributed by atoms with Gasteiger partial charge in [-0.1, -0.05) is 32.4 Å². The number of nitrogens with zero attached hydrogens (tertiary/aromatic N) is 1. The Kier molecular flexibility index (Phi) is 10.2. The van der Waals surface area contributed by atoms with Crippen LogP contribution < -0.4 is 5.32 Å². The van der Waals surface area contributed by atoms with Crippen LogP contribution in [0, 0.1) is 5.92 Å². The zero-order chi connectivity index (χ0) is 22.0. The molecule has 0 saturated heterocycles. The Morgan fingerprint density at radius 3 is 2.41 bits per heavy atom. The minimum absolute atomic E-state index is 0.0866. The van der Waals surface area contributed by atoms with E-state index < -0.39 is 30.5 Å². The van der Waals surface area contributed by atoms with Gasteiger partial charge in [0, 0.05) is 19.0 Å². The van der Waals surface area contributed by atoms with E-state index in [1.807, 2.05) is 13.8 Å². The van der Waals surface area contributed by atoms with Crippen LogP contribution in [0.5, 0.6) is 0 Å². The molecule has 8 nitrogen and oxygen atoms in total. The number of carbonyl (C=O) groups is 4. The molecule has 2 atom stereocenters. The maximum atomic E-state index is 12.4. The summed E-state index contributed by atoms with van der Waals surface area (Å²) in [5.74, 6) is -1.87. The van der Waals surface area contributed by atoms with Crippen LogP contribution in [0.4, 0.5) is 0 Å². The molecule has 0 aliphatic heterocycles. The lowest BCUT2D eigenvalue weighted by molar-refractivity contribution is -0.147. The summed E-state index contributed by atoms with van der Waals surface area (Å²) in [7, 11) is 4.56. The number of thioether (sulfide) groups is 1. The third-order valence-corrected chi connectivity index (χ3v) is 5.33. The number of esters is 2. The van der Waals surface area contributed by atoms with Crippen molar-refractivity contribution in [3.05, 3.63) is 29.8 Å². The minimum Gasteiger partial charge on any atom is -0.467 e. The summed E-state index contributed by atoms with van der Waals surface area (Å²) >= 11 is 1.22. The molecule has 9 heteroatoms. The topological polar surface area (TPSA) is 102 Å². The molecule has 0 radical (unpaired) electrons. The van der Waals surface area contributed by atoms with Crippen LogP contribution >= 0.6 is 11.8 Å². The fraction of sp³-hybridized carbons (Fsp3) is 0.500. The van der Waals surface area contributed by atoms with Gasteiger partial charge in [0.1, 0.15) is 6.04 Å². The first kappa shape index (κ1) is 24.5. The van der Waals surface area contributed by atoms with Gasteiger partial charge in [-0.25, -0.2) is 9.59 Å². The van der Waals surface area contributed by atoms with Crippen molar-refractivity contribution in [2.24, 2.45) is 5.92 Å². The lowest BCUT2D eigenvalue weighted by Gasteiger charge is -2.21. The molecule has 1 aromatic carbocycles. The van der Waals surface area contributed by atoms with Gasteiger partial charge in [-0.3, -0.25) is 9.59 Å². The molecule has 0 aliphatic carbocycles. The van der Waals surface area contributed by atoms with Crippen molar-refractivity contribution in [1.82, 2.24) is 10.2 Å². The first-order valence-corrected chi connectivity index (χ1v) is 10.2. The van der Waals surface area contributed by atoms with Gasteiger partial charge < -0.3 is 19.7 Å². The van der Waals surface area contributed by atoms with Crippen molar-refractivity contribution in [2.45, 2.75) is 31.2 Å². The average Bonchev–Trinajstić information content (AvgIpc) is 2.72. The van der Waals surface area contributed by atoms with Crippen LogP contribution in [-0.2, 0) is 23.9 Å². The van der Waals surface area contributed by atoms with Gasteiger partial charge >= 0.3 is 11.9 Å². The number of hydrogen-bond donors (Lipinski definition) is 1. The monoisotopic (exact) mass is 424 g/mol. The fourth-order valence-corrected chi connectivity index (χ4v) is 3.27. The van der Waals surface area contributed by atoms with E-state index in [9.17, 15) is 19.2 Å². The van der Waals surface area contributed by atoms with Crippen LogP contribution in [0.3, 0.4) is 0 Å². The van der Waals surface area contributed by atoms with Crippen molar-refractivity contribution in [2.75, 3.05) is 33.6 Å². The lowest BCUT2D eigenvalue weighted by atomic mass is 9.99. The zero-order valence-electron chi connectivity index (χ0n) is 17.4. The minimum atomic E-state index is -0.809. The van der Waals surface area contributed by atoms with Gasteiger partial charge in [-0.15, -0.1) is 11.8 Å². The second-order valence-corrected chi connectivity index (χ2v) is 7.62. The summed E-state index contributed by atoms with van der Waals surface area (Å²) in [5.41, 5.74) is 0.267. The number of methoxy groups -OCH3 is 1. The second kappa shape index (κ2) is 12.1. The number of hydrogen-bond acceptors (Lipinski definition) is 7. The maximum absolute atomic E-state index is 12.4. The van der Waals surface area contributed by atoms with E-state index in [0.29, 0.717) is 11.3 Å². The number of rotatable bonds is 10. The number of benzene rings is 1. The van der Waals surface area contributed by atoms with Gasteiger partial charge in [0.2, 0.25) is 5.91 Å². The highest BCUT2D eigenvalue weighted by Crippen LogP contribution is 2.23. The Morgan fingerprint density at radius 2 is 1.83 bits per heavy atom. The van der Waals surface area contributed by atoms with E-state index in [1.54, 1.807) is 38.4 Å². The van der Waals surface area contributed by atoms with Crippen LogP contribution in [0.25, 0.3) is 0 Å². The van der Waals surface area contributed by atoms with Crippen molar-refractivity contribution in [1.29, 1.82) is 0 Å². The standard InChI is InChI=1S/C20H28N2O6S/c1-6-13(2)18(20(26)27-5)21-16(23)11-28-19(25)14-9-7-8-10-15(14)29-12-17(24)22(3)4/h7-10,13,18H,6,11-12H2,1-5H3,(H,21,23)/t13-,18+/m1/s1. The quantitative estimate of drug-likeness (QED) is 0.451. The molecule has 0 fully saturated rings. The summed E-state index contributed by atoms with van der Waals surface area (Å²) in [4.78, 5) is 50.2. The molecule has 0 aliphatic rings. The SMILES string of the molecule is CC[C@@H](C)[C@H](NC(=O)COC(=O)c1ccccc1SCC(=O)N(C)C)C(=O)OC.